The number of carbonyl (C=O) groups excluding carboxylic acids is 1. The number of H-pyrrole nitrogens is 1. The molecule has 2 aromatic rings. The highest BCUT2D eigenvalue weighted by Gasteiger charge is 2.08. The van der Waals surface area contributed by atoms with Gasteiger partial charge in [0.2, 0.25) is 0 Å². The molecule has 4 nitrogen and oxygen atoms in total. The van der Waals surface area contributed by atoms with Gasteiger partial charge < -0.3 is 10.3 Å². The highest BCUT2D eigenvalue weighted by molar-refractivity contribution is 6.31. The van der Waals surface area contributed by atoms with Crippen LogP contribution in [0.15, 0.2) is 18.2 Å². The van der Waals surface area contributed by atoms with Crippen molar-refractivity contribution in [2.45, 2.75) is 0 Å². The van der Waals surface area contributed by atoms with E-state index in [-0.39, 0.29) is 5.91 Å². The Morgan fingerprint density at radius 3 is 3.07 bits per heavy atom. The molecule has 0 aliphatic carbocycles. The summed E-state index contributed by atoms with van der Waals surface area (Å²) >= 11 is 5.79. The second-order valence-corrected chi connectivity index (χ2v) is 3.26. The third-order valence-electron chi connectivity index (χ3n) is 1.89. The van der Waals surface area contributed by atoms with Gasteiger partial charge in [0.25, 0.3) is 5.91 Å². The Hall–Kier alpha value is -1.55. The Balaban J connectivity index is 2.56. The van der Waals surface area contributed by atoms with Gasteiger partial charge in [-0.25, -0.2) is 4.98 Å². The van der Waals surface area contributed by atoms with E-state index in [1.165, 1.54) is 0 Å². The number of halogens is 1. The van der Waals surface area contributed by atoms with Crippen LogP contribution in [0.1, 0.15) is 10.6 Å². The molecule has 72 valence electrons. The van der Waals surface area contributed by atoms with Crippen LogP contribution in [0.3, 0.4) is 0 Å². The summed E-state index contributed by atoms with van der Waals surface area (Å²) in [6, 6.07) is 5.23. The lowest BCUT2D eigenvalue weighted by Gasteiger charge is -1.90. The number of rotatable bonds is 1. The van der Waals surface area contributed by atoms with Crippen molar-refractivity contribution >= 4 is 28.5 Å². The zero-order valence-corrected chi connectivity index (χ0v) is 8.22. The number of fused-ring (bicyclic) bond motifs is 1. The summed E-state index contributed by atoms with van der Waals surface area (Å²) in [6.07, 6.45) is 0. The molecule has 0 aliphatic heterocycles. The lowest BCUT2D eigenvalue weighted by atomic mass is 10.3. The number of hydrogen-bond acceptors (Lipinski definition) is 2. The van der Waals surface area contributed by atoms with Crippen molar-refractivity contribution in [1.82, 2.24) is 15.3 Å². The molecule has 0 saturated carbocycles. The number of carbonyl (C=O) groups is 1. The van der Waals surface area contributed by atoms with Gasteiger partial charge in [0.15, 0.2) is 5.82 Å². The SMILES string of the molecule is CNC(=O)c1nc2ccc(Cl)cc2[nH]1. The molecule has 2 N–H and O–H groups in total. The van der Waals surface area contributed by atoms with Crippen LogP contribution < -0.4 is 5.32 Å². The fraction of sp³-hybridized carbons (Fsp3) is 0.111. The molecule has 1 amide bonds. The van der Waals surface area contributed by atoms with Crippen molar-refractivity contribution in [3.05, 3.63) is 29.0 Å². The van der Waals surface area contributed by atoms with Gasteiger partial charge in [0, 0.05) is 12.1 Å². The van der Waals surface area contributed by atoms with Crippen molar-refractivity contribution < 1.29 is 4.79 Å². The molecule has 0 spiro atoms. The Morgan fingerprint density at radius 2 is 2.36 bits per heavy atom. The minimum absolute atomic E-state index is 0.239. The Morgan fingerprint density at radius 1 is 1.57 bits per heavy atom. The number of imidazole rings is 1. The number of nitrogens with one attached hydrogen (secondary N) is 2. The van der Waals surface area contributed by atoms with Crippen LogP contribution in [-0.4, -0.2) is 22.9 Å². The van der Waals surface area contributed by atoms with Gasteiger partial charge in [-0.05, 0) is 18.2 Å². The number of amides is 1. The van der Waals surface area contributed by atoms with Gasteiger partial charge >= 0.3 is 0 Å². The van der Waals surface area contributed by atoms with Gasteiger partial charge in [0.1, 0.15) is 0 Å². The number of benzene rings is 1. The molecule has 1 aromatic heterocycles. The van der Waals surface area contributed by atoms with Gasteiger partial charge in [-0.2, -0.15) is 0 Å². The molecule has 0 bridgehead atoms. The molecule has 1 heterocycles. The summed E-state index contributed by atoms with van der Waals surface area (Å²) in [5, 5.41) is 3.11. The monoisotopic (exact) mass is 209 g/mol. The van der Waals surface area contributed by atoms with Gasteiger partial charge in [-0.1, -0.05) is 11.6 Å². The molecular formula is C9H8ClN3O. The minimum atomic E-state index is -0.239. The van der Waals surface area contributed by atoms with Crippen LogP contribution >= 0.6 is 11.6 Å². The normalized spacial score (nSPS) is 10.4. The third-order valence-corrected chi connectivity index (χ3v) is 2.12. The topological polar surface area (TPSA) is 57.8 Å². The average molecular weight is 210 g/mol. The molecule has 14 heavy (non-hydrogen) atoms. The van der Waals surface area contributed by atoms with E-state index in [1.54, 1.807) is 25.2 Å². The molecule has 1 aromatic carbocycles. The zero-order valence-electron chi connectivity index (χ0n) is 7.47. The van der Waals surface area contributed by atoms with Gasteiger partial charge in [-0.3, -0.25) is 4.79 Å². The Kier molecular flexibility index (Phi) is 2.13. The van der Waals surface area contributed by atoms with E-state index in [9.17, 15) is 4.79 Å². The van der Waals surface area contributed by atoms with Crippen molar-refractivity contribution in [3.63, 3.8) is 0 Å². The van der Waals surface area contributed by atoms with Crippen molar-refractivity contribution in [2.24, 2.45) is 0 Å². The molecule has 2 rings (SSSR count). The lowest BCUT2D eigenvalue weighted by Crippen LogP contribution is -2.19. The summed E-state index contributed by atoms with van der Waals surface area (Å²) < 4.78 is 0. The Bertz CT molecular complexity index is 492. The summed E-state index contributed by atoms with van der Waals surface area (Å²) in [5.41, 5.74) is 1.49. The fourth-order valence-electron chi connectivity index (χ4n) is 1.21. The summed E-state index contributed by atoms with van der Waals surface area (Å²) in [5.74, 6) is 0.0575. The van der Waals surface area contributed by atoms with E-state index in [2.05, 4.69) is 15.3 Å². The molecule has 0 unspecified atom stereocenters. The first-order valence-electron chi connectivity index (χ1n) is 4.08. The first kappa shape index (κ1) is 9.02. The quantitative estimate of drug-likeness (QED) is 0.749. The second-order valence-electron chi connectivity index (χ2n) is 2.83. The molecule has 0 fully saturated rings. The molecular weight excluding hydrogens is 202 g/mol. The van der Waals surface area contributed by atoms with Crippen LogP contribution in [0.4, 0.5) is 0 Å². The second kappa shape index (κ2) is 3.31. The maximum atomic E-state index is 11.2. The highest BCUT2D eigenvalue weighted by atomic mass is 35.5. The van der Waals surface area contributed by atoms with E-state index in [0.29, 0.717) is 10.8 Å². The predicted octanol–water partition coefficient (Wildman–Crippen LogP) is 1.58. The third kappa shape index (κ3) is 1.44. The lowest BCUT2D eigenvalue weighted by molar-refractivity contribution is 0.0954. The molecule has 0 saturated heterocycles. The van der Waals surface area contributed by atoms with Crippen molar-refractivity contribution in [3.8, 4) is 0 Å². The van der Waals surface area contributed by atoms with E-state index < -0.39 is 0 Å². The average Bonchev–Trinajstić information content (AvgIpc) is 2.59. The standard InChI is InChI=1S/C9H8ClN3O/c1-11-9(14)8-12-6-3-2-5(10)4-7(6)13-8/h2-4H,1H3,(H,11,14)(H,12,13). The first-order chi connectivity index (χ1) is 6.70. The molecule has 0 radical (unpaired) electrons. The van der Waals surface area contributed by atoms with Crippen molar-refractivity contribution in [2.75, 3.05) is 7.05 Å². The summed E-state index contributed by atoms with van der Waals surface area (Å²) in [6.45, 7) is 0. The van der Waals surface area contributed by atoms with Crippen LogP contribution in [0, 0.1) is 0 Å². The maximum Gasteiger partial charge on any atom is 0.286 e. The zero-order chi connectivity index (χ0) is 10.1. The number of hydrogen-bond donors (Lipinski definition) is 2. The number of aromatic amines is 1. The van der Waals surface area contributed by atoms with Crippen LogP contribution in [0.2, 0.25) is 5.02 Å². The molecule has 0 aliphatic rings. The van der Waals surface area contributed by atoms with Gasteiger partial charge in [0.05, 0.1) is 11.0 Å². The van der Waals surface area contributed by atoms with E-state index in [0.717, 1.165) is 11.0 Å². The Labute approximate surface area is 85.3 Å². The fourth-order valence-corrected chi connectivity index (χ4v) is 1.38. The maximum absolute atomic E-state index is 11.2. The van der Waals surface area contributed by atoms with Crippen LogP contribution in [0.25, 0.3) is 11.0 Å². The van der Waals surface area contributed by atoms with Gasteiger partial charge in [-0.15, -0.1) is 0 Å². The number of aromatic nitrogens is 2. The van der Waals surface area contributed by atoms with Crippen molar-refractivity contribution in [1.29, 1.82) is 0 Å². The first-order valence-corrected chi connectivity index (χ1v) is 4.46. The van der Waals surface area contributed by atoms with E-state index in [4.69, 9.17) is 11.6 Å². The number of nitrogens with zero attached hydrogens (tertiary/aromatic N) is 1. The van der Waals surface area contributed by atoms with E-state index >= 15 is 0 Å². The predicted molar refractivity (Wildman–Crippen MR) is 54.5 cm³/mol. The molecule has 0 atom stereocenters. The summed E-state index contributed by atoms with van der Waals surface area (Å²) in [7, 11) is 1.56. The van der Waals surface area contributed by atoms with E-state index in [1.807, 2.05) is 0 Å². The molecule has 5 heteroatoms. The summed E-state index contributed by atoms with van der Waals surface area (Å²) in [4.78, 5) is 18.2. The smallest absolute Gasteiger partial charge is 0.286 e. The van der Waals surface area contributed by atoms with Crippen LogP contribution in [-0.2, 0) is 0 Å². The highest BCUT2D eigenvalue weighted by Crippen LogP contribution is 2.16. The minimum Gasteiger partial charge on any atom is -0.352 e. The largest absolute Gasteiger partial charge is 0.352 e. The van der Waals surface area contributed by atoms with Crippen LogP contribution in [0.5, 0.6) is 0 Å².